The van der Waals surface area contributed by atoms with E-state index in [1.54, 1.807) is 7.11 Å². The van der Waals surface area contributed by atoms with E-state index >= 15 is 0 Å². The predicted octanol–water partition coefficient (Wildman–Crippen LogP) is 3.44. The third-order valence-corrected chi connectivity index (χ3v) is 4.23. The van der Waals surface area contributed by atoms with Gasteiger partial charge in [0.15, 0.2) is 0 Å². The second-order valence-corrected chi connectivity index (χ2v) is 5.78. The maximum atomic E-state index is 6.05. The average Bonchev–Trinajstić information content (AvgIpc) is 2.49. The fourth-order valence-electron chi connectivity index (χ4n) is 2.48. The highest BCUT2D eigenvalue weighted by Crippen LogP contribution is 2.40. The van der Waals surface area contributed by atoms with E-state index in [1.807, 2.05) is 30.3 Å². The first kappa shape index (κ1) is 14.1. The van der Waals surface area contributed by atoms with Gasteiger partial charge < -0.3 is 20.1 Å². The standard InChI is InChI=1S/C16H17BrN2O2/c1-20-15-9-14-16(8-12(15)17)21-7-6-19(14)10-11-4-2-3-5-13(11)18/h2-5,8-9H,6-7,10,18H2,1H3. The summed E-state index contributed by atoms with van der Waals surface area (Å²) < 4.78 is 12.0. The lowest BCUT2D eigenvalue weighted by Crippen LogP contribution is -2.32. The van der Waals surface area contributed by atoms with E-state index in [4.69, 9.17) is 15.2 Å². The SMILES string of the molecule is COc1cc2c(cc1Br)OCCN2Cc1ccccc1N. The molecule has 3 rings (SSSR count). The molecular weight excluding hydrogens is 332 g/mol. The van der Waals surface area contributed by atoms with Crippen molar-refractivity contribution in [1.29, 1.82) is 0 Å². The van der Waals surface area contributed by atoms with Crippen LogP contribution in [-0.4, -0.2) is 20.3 Å². The van der Waals surface area contributed by atoms with E-state index in [2.05, 4.69) is 26.9 Å². The number of hydrogen-bond donors (Lipinski definition) is 1. The molecule has 1 heterocycles. The van der Waals surface area contributed by atoms with Gasteiger partial charge in [0.1, 0.15) is 18.1 Å². The Labute approximate surface area is 132 Å². The first-order valence-electron chi connectivity index (χ1n) is 6.77. The minimum Gasteiger partial charge on any atom is -0.495 e. The highest BCUT2D eigenvalue weighted by atomic mass is 79.9. The summed E-state index contributed by atoms with van der Waals surface area (Å²) in [7, 11) is 1.66. The summed E-state index contributed by atoms with van der Waals surface area (Å²) in [6, 6.07) is 11.9. The molecular formula is C16H17BrN2O2. The van der Waals surface area contributed by atoms with Crippen LogP contribution in [0, 0.1) is 0 Å². The largest absolute Gasteiger partial charge is 0.495 e. The van der Waals surface area contributed by atoms with Crippen molar-refractivity contribution in [3.8, 4) is 11.5 Å². The Morgan fingerprint density at radius 1 is 1.33 bits per heavy atom. The van der Waals surface area contributed by atoms with E-state index in [0.717, 1.165) is 46.0 Å². The normalized spacial score (nSPS) is 13.5. The van der Waals surface area contributed by atoms with Crippen LogP contribution in [0.25, 0.3) is 0 Å². The summed E-state index contributed by atoms with van der Waals surface area (Å²) in [5.41, 5.74) is 9.01. The van der Waals surface area contributed by atoms with Crippen molar-refractivity contribution < 1.29 is 9.47 Å². The number of para-hydroxylation sites is 1. The van der Waals surface area contributed by atoms with Gasteiger partial charge >= 0.3 is 0 Å². The molecule has 4 nitrogen and oxygen atoms in total. The molecule has 0 aromatic heterocycles. The molecule has 2 N–H and O–H groups in total. The van der Waals surface area contributed by atoms with Crippen molar-refractivity contribution in [3.63, 3.8) is 0 Å². The molecule has 0 saturated heterocycles. The lowest BCUT2D eigenvalue weighted by Gasteiger charge is -2.32. The van der Waals surface area contributed by atoms with E-state index < -0.39 is 0 Å². The topological polar surface area (TPSA) is 47.7 Å². The molecule has 0 amide bonds. The molecule has 1 aliphatic rings. The van der Waals surface area contributed by atoms with Gasteiger partial charge in [-0.25, -0.2) is 0 Å². The van der Waals surface area contributed by atoms with E-state index in [-0.39, 0.29) is 0 Å². The van der Waals surface area contributed by atoms with Crippen LogP contribution in [0.5, 0.6) is 11.5 Å². The number of nitrogen functional groups attached to an aromatic ring is 1. The summed E-state index contributed by atoms with van der Waals surface area (Å²) in [6.45, 7) is 2.25. The van der Waals surface area contributed by atoms with Gasteiger partial charge in [-0.05, 0) is 27.6 Å². The number of ether oxygens (including phenoxy) is 2. The van der Waals surface area contributed by atoms with Crippen molar-refractivity contribution in [2.75, 3.05) is 30.9 Å². The van der Waals surface area contributed by atoms with Gasteiger partial charge in [-0.1, -0.05) is 18.2 Å². The Hall–Kier alpha value is -1.88. The number of hydrogen-bond acceptors (Lipinski definition) is 4. The van der Waals surface area contributed by atoms with Crippen LogP contribution in [0.1, 0.15) is 5.56 Å². The number of rotatable bonds is 3. The van der Waals surface area contributed by atoms with E-state index in [1.165, 1.54) is 0 Å². The molecule has 0 aliphatic carbocycles. The molecule has 0 fully saturated rings. The number of nitrogens with zero attached hydrogens (tertiary/aromatic N) is 1. The van der Waals surface area contributed by atoms with Crippen LogP contribution in [0.4, 0.5) is 11.4 Å². The smallest absolute Gasteiger partial charge is 0.144 e. The van der Waals surface area contributed by atoms with Gasteiger partial charge in [-0.3, -0.25) is 0 Å². The van der Waals surface area contributed by atoms with Crippen LogP contribution in [0.2, 0.25) is 0 Å². The molecule has 0 saturated carbocycles. The number of nitrogens with two attached hydrogens (primary N) is 1. The highest BCUT2D eigenvalue weighted by molar-refractivity contribution is 9.10. The van der Waals surface area contributed by atoms with Crippen molar-refractivity contribution >= 4 is 27.3 Å². The van der Waals surface area contributed by atoms with Crippen molar-refractivity contribution in [3.05, 3.63) is 46.4 Å². The van der Waals surface area contributed by atoms with Gasteiger partial charge in [0.2, 0.25) is 0 Å². The number of halogens is 1. The molecule has 110 valence electrons. The average molecular weight is 349 g/mol. The second-order valence-electron chi connectivity index (χ2n) is 4.92. The van der Waals surface area contributed by atoms with Crippen molar-refractivity contribution in [2.24, 2.45) is 0 Å². The summed E-state index contributed by atoms with van der Waals surface area (Å²) in [5, 5.41) is 0. The number of fused-ring (bicyclic) bond motifs is 1. The Morgan fingerprint density at radius 3 is 2.90 bits per heavy atom. The lowest BCUT2D eigenvalue weighted by molar-refractivity contribution is 0.305. The maximum absolute atomic E-state index is 6.05. The van der Waals surface area contributed by atoms with Gasteiger partial charge in [0, 0.05) is 24.4 Å². The first-order chi connectivity index (χ1) is 10.2. The summed E-state index contributed by atoms with van der Waals surface area (Å²) >= 11 is 3.49. The fraction of sp³-hybridized carbons (Fsp3) is 0.250. The third-order valence-electron chi connectivity index (χ3n) is 3.61. The number of anilines is 2. The van der Waals surface area contributed by atoms with E-state index in [9.17, 15) is 0 Å². The molecule has 2 aromatic rings. The molecule has 0 radical (unpaired) electrons. The Balaban J connectivity index is 1.95. The Kier molecular flexibility index (Phi) is 3.92. The molecule has 0 atom stereocenters. The monoisotopic (exact) mass is 348 g/mol. The van der Waals surface area contributed by atoms with Crippen LogP contribution in [-0.2, 0) is 6.54 Å². The van der Waals surface area contributed by atoms with Crippen LogP contribution >= 0.6 is 15.9 Å². The van der Waals surface area contributed by atoms with Crippen LogP contribution in [0.3, 0.4) is 0 Å². The fourth-order valence-corrected chi connectivity index (χ4v) is 2.96. The third kappa shape index (κ3) is 2.78. The Morgan fingerprint density at radius 2 is 2.14 bits per heavy atom. The molecule has 21 heavy (non-hydrogen) atoms. The van der Waals surface area contributed by atoms with Crippen molar-refractivity contribution in [2.45, 2.75) is 6.54 Å². The van der Waals surface area contributed by atoms with Crippen molar-refractivity contribution in [1.82, 2.24) is 0 Å². The maximum Gasteiger partial charge on any atom is 0.144 e. The zero-order valence-corrected chi connectivity index (χ0v) is 13.4. The quantitative estimate of drug-likeness (QED) is 0.863. The van der Waals surface area contributed by atoms with Gasteiger partial charge in [0.05, 0.1) is 23.8 Å². The lowest BCUT2D eigenvalue weighted by atomic mass is 10.1. The first-order valence-corrected chi connectivity index (χ1v) is 7.57. The predicted molar refractivity (Wildman–Crippen MR) is 88.1 cm³/mol. The second kappa shape index (κ2) is 5.85. The Bertz CT molecular complexity index is 661. The van der Waals surface area contributed by atoms with E-state index in [0.29, 0.717) is 6.61 Å². The molecule has 5 heteroatoms. The summed E-state index contributed by atoms with van der Waals surface area (Å²) in [6.07, 6.45) is 0. The molecule has 0 spiro atoms. The van der Waals surface area contributed by atoms with Gasteiger partial charge in [-0.15, -0.1) is 0 Å². The van der Waals surface area contributed by atoms with Gasteiger partial charge in [-0.2, -0.15) is 0 Å². The van der Waals surface area contributed by atoms with Crippen LogP contribution < -0.4 is 20.1 Å². The molecule has 0 bridgehead atoms. The summed E-state index contributed by atoms with van der Waals surface area (Å²) in [5.74, 6) is 1.66. The highest BCUT2D eigenvalue weighted by Gasteiger charge is 2.21. The number of methoxy groups -OCH3 is 1. The number of benzene rings is 2. The zero-order valence-electron chi connectivity index (χ0n) is 11.8. The molecule has 1 aliphatic heterocycles. The minimum atomic E-state index is 0.665. The van der Waals surface area contributed by atoms with Crippen LogP contribution in [0.15, 0.2) is 40.9 Å². The zero-order chi connectivity index (χ0) is 14.8. The molecule has 2 aromatic carbocycles. The molecule has 0 unspecified atom stereocenters. The van der Waals surface area contributed by atoms with Gasteiger partial charge in [0.25, 0.3) is 0 Å². The minimum absolute atomic E-state index is 0.665. The summed E-state index contributed by atoms with van der Waals surface area (Å²) in [4.78, 5) is 2.26.